The minimum absolute atomic E-state index is 0.281. The van der Waals surface area contributed by atoms with Gasteiger partial charge in [0, 0.05) is 15.7 Å². The van der Waals surface area contributed by atoms with Crippen molar-refractivity contribution >= 4 is 44.9 Å². The lowest BCUT2D eigenvalue weighted by molar-refractivity contribution is 0.102. The number of pyridine rings is 1. The van der Waals surface area contributed by atoms with E-state index in [2.05, 4.69) is 31.7 Å². The molecule has 0 bridgehead atoms. The molecule has 2 rings (SSSR count). The molecule has 7 heteroatoms. The molecule has 0 fully saturated rings. The fraction of sp³-hybridized carbons (Fsp3) is 0.0769. The molecule has 1 amide bonds. The molecule has 0 aliphatic carbocycles. The Balaban J connectivity index is 2.26. The molecule has 2 aromatic rings. The summed E-state index contributed by atoms with van der Waals surface area (Å²) in [6, 6.07) is 8.46. The largest absolute Gasteiger partial charge is 0.321 e. The van der Waals surface area contributed by atoms with E-state index >= 15 is 0 Å². The average Bonchev–Trinajstić information content (AvgIpc) is 2.41. The highest BCUT2D eigenvalue weighted by atomic mass is 79.9. The van der Waals surface area contributed by atoms with E-state index in [1.54, 1.807) is 37.3 Å². The molecule has 0 aliphatic rings. The number of halogens is 2. The van der Waals surface area contributed by atoms with Crippen LogP contribution in [0.25, 0.3) is 0 Å². The van der Waals surface area contributed by atoms with Gasteiger partial charge >= 0.3 is 0 Å². The topological polar surface area (TPSA) is 80.0 Å². The highest BCUT2D eigenvalue weighted by Gasteiger charge is 2.10. The van der Waals surface area contributed by atoms with Gasteiger partial charge in [0.15, 0.2) is 0 Å². The van der Waals surface area contributed by atoms with Crippen molar-refractivity contribution in [2.75, 3.05) is 10.7 Å². The van der Waals surface area contributed by atoms with Crippen LogP contribution in [0.1, 0.15) is 16.1 Å². The number of aryl methyl sites for hydroxylation is 1. The summed E-state index contributed by atoms with van der Waals surface area (Å²) in [4.78, 5) is 16.3. The Morgan fingerprint density at radius 3 is 2.75 bits per heavy atom. The lowest BCUT2D eigenvalue weighted by Gasteiger charge is -2.09. The monoisotopic (exact) mass is 354 g/mol. The number of nitrogens with one attached hydrogen (secondary N) is 2. The summed E-state index contributed by atoms with van der Waals surface area (Å²) in [6.07, 6.45) is 0. The average molecular weight is 356 g/mol. The van der Waals surface area contributed by atoms with Gasteiger partial charge in [-0.25, -0.2) is 10.8 Å². The van der Waals surface area contributed by atoms with Crippen molar-refractivity contribution in [1.29, 1.82) is 0 Å². The third-order valence-electron chi connectivity index (χ3n) is 2.54. The fourth-order valence-corrected chi connectivity index (χ4v) is 2.38. The number of amides is 1. The summed E-state index contributed by atoms with van der Waals surface area (Å²) in [7, 11) is 0. The van der Waals surface area contributed by atoms with Crippen molar-refractivity contribution in [2.45, 2.75) is 6.92 Å². The van der Waals surface area contributed by atoms with Crippen LogP contribution in [0.3, 0.4) is 0 Å². The molecule has 0 saturated heterocycles. The van der Waals surface area contributed by atoms with Crippen LogP contribution in [-0.2, 0) is 0 Å². The minimum Gasteiger partial charge on any atom is -0.321 e. The second kappa shape index (κ2) is 6.21. The van der Waals surface area contributed by atoms with Crippen molar-refractivity contribution in [2.24, 2.45) is 5.84 Å². The van der Waals surface area contributed by atoms with Crippen LogP contribution in [0.2, 0.25) is 5.02 Å². The number of nitrogens with two attached hydrogens (primary N) is 1. The molecule has 20 heavy (non-hydrogen) atoms. The second-order valence-electron chi connectivity index (χ2n) is 4.11. The molecular weight excluding hydrogens is 344 g/mol. The number of aromatic nitrogens is 1. The molecule has 1 aromatic carbocycles. The predicted octanol–water partition coefficient (Wildman–Crippen LogP) is 3.34. The van der Waals surface area contributed by atoms with Crippen LogP contribution in [0.5, 0.6) is 0 Å². The Morgan fingerprint density at radius 1 is 1.35 bits per heavy atom. The van der Waals surface area contributed by atoms with E-state index in [-0.39, 0.29) is 5.91 Å². The second-order valence-corrected chi connectivity index (χ2v) is 5.43. The van der Waals surface area contributed by atoms with E-state index in [0.717, 1.165) is 4.47 Å². The van der Waals surface area contributed by atoms with Crippen molar-refractivity contribution in [1.82, 2.24) is 4.98 Å². The number of hydrazine groups is 1. The molecular formula is C13H12BrClN4O. The first-order valence-corrected chi connectivity index (χ1v) is 6.88. The van der Waals surface area contributed by atoms with Gasteiger partial charge in [0.2, 0.25) is 0 Å². The fourth-order valence-electron chi connectivity index (χ4n) is 1.66. The lowest BCUT2D eigenvalue weighted by atomic mass is 10.2. The zero-order valence-electron chi connectivity index (χ0n) is 10.6. The van der Waals surface area contributed by atoms with Crippen LogP contribution >= 0.6 is 27.5 Å². The van der Waals surface area contributed by atoms with E-state index in [0.29, 0.717) is 27.8 Å². The third-order valence-corrected chi connectivity index (χ3v) is 3.35. The SMILES string of the molecule is Cc1cc(C(=O)Nc2ccc(Br)cc2Cl)cc(NN)n1. The number of hydrogen-bond donors (Lipinski definition) is 3. The number of nitrogen functional groups attached to an aromatic ring is 1. The molecule has 1 heterocycles. The van der Waals surface area contributed by atoms with Crippen LogP contribution in [0.15, 0.2) is 34.8 Å². The van der Waals surface area contributed by atoms with E-state index in [1.165, 1.54) is 0 Å². The molecule has 1 aromatic heterocycles. The normalized spacial score (nSPS) is 10.2. The van der Waals surface area contributed by atoms with Crippen molar-refractivity contribution in [3.8, 4) is 0 Å². The van der Waals surface area contributed by atoms with E-state index in [4.69, 9.17) is 17.4 Å². The van der Waals surface area contributed by atoms with E-state index < -0.39 is 0 Å². The zero-order valence-corrected chi connectivity index (χ0v) is 12.9. The Hall–Kier alpha value is -1.63. The summed E-state index contributed by atoms with van der Waals surface area (Å²) < 4.78 is 0.842. The number of rotatable bonds is 3. The Morgan fingerprint density at radius 2 is 2.10 bits per heavy atom. The highest BCUT2D eigenvalue weighted by Crippen LogP contribution is 2.26. The van der Waals surface area contributed by atoms with Gasteiger partial charge < -0.3 is 10.7 Å². The lowest BCUT2D eigenvalue weighted by Crippen LogP contribution is -2.15. The first kappa shape index (κ1) is 14.8. The molecule has 0 spiro atoms. The van der Waals surface area contributed by atoms with Gasteiger partial charge in [-0.15, -0.1) is 0 Å². The Kier molecular flexibility index (Phi) is 4.59. The molecule has 4 N–H and O–H groups in total. The van der Waals surface area contributed by atoms with Gasteiger partial charge in [0.25, 0.3) is 5.91 Å². The van der Waals surface area contributed by atoms with Gasteiger partial charge in [-0.3, -0.25) is 4.79 Å². The quantitative estimate of drug-likeness (QED) is 0.583. The first-order chi connectivity index (χ1) is 9.49. The number of benzene rings is 1. The third kappa shape index (κ3) is 3.47. The number of nitrogens with zero attached hydrogens (tertiary/aromatic N) is 1. The van der Waals surface area contributed by atoms with Gasteiger partial charge in [0.1, 0.15) is 5.82 Å². The van der Waals surface area contributed by atoms with Crippen LogP contribution in [0.4, 0.5) is 11.5 Å². The molecule has 0 radical (unpaired) electrons. The smallest absolute Gasteiger partial charge is 0.255 e. The maximum absolute atomic E-state index is 12.2. The molecule has 104 valence electrons. The minimum atomic E-state index is -0.281. The molecule has 0 aliphatic heterocycles. The summed E-state index contributed by atoms with van der Waals surface area (Å²) >= 11 is 9.37. The standard InChI is InChI=1S/C13H12BrClN4O/c1-7-4-8(5-12(17-7)19-16)13(20)18-11-3-2-9(14)6-10(11)15/h2-6H,16H2,1H3,(H,17,19)(H,18,20). The summed E-state index contributed by atoms with van der Waals surface area (Å²) in [6.45, 7) is 1.78. The Labute approximate surface area is 129 Å². The van der Waals surface area contributed by atoms with Crippen molar-refractivity contribution < 1.29 is 4.79 Å². The van der Waals surface area contributed by atoms with Crippen molar-refractivity contribution in [3.05, 3.63) is 51.1 Å². The molecule has 0 saturated carbocycles. The molecule has 0 atom stereocenters. The van der Waals surface area contributed by atoms with Gasteiger partial charge in [-0.05, 0) is 37.3 Å². The predicted molar refractivity (Wildman–Crippen MR) is 83.9 cm³/mol. The van der Waals surface area contributed by atoms with Gasteiger partial charge in [-0.2, -0.15) is 0 Å². The highest BCUT2D eigenvalue weighted by molar-refractivity contribution is 9.10. The van der Waals surface area contributed by atoms with Crippen LogP contribution < -0.4 is 16.6 Å². The maximum atomic E-state index is 12.2. The van der Waals surface area contributed by atoms with E-state index in [1.807, 2.05) is 0 Å². The summed E-state index contributed by atoms with van der Waals surface area (Å²) in [5.74, 6) is 5.46. The first-order valence-electron chi connectivity index (χ1n) is 5.71. The Bertz CT molecular complexity index is 663. The van der Waals surface area contributed by atoms with Crippen LogP contribution in [0, 0.1) is 6.92 Å². The number of anilines is 2. The molecule has 5 nitrogen and oxygen atoms in total. The maximum Gasteiger partial charge on any atom is 0.255 e. The number of hydrogen-bond acceptors (Lipinski definition) is 4. The van der Waals surface area contributed by atoms with Crippen LogP contribution in [-0.4, -0.2) is 10.9 Å². The summed E-state index contributed by atoms with van der Waals surface area (Å²) in [5, 5.41) is 3.20. The summed E-state index contributed by atoms with van der Waals surface area (Å²) in [5.41, 5.74) is 4.10. The number of carbonyl (C=O) groups is 1. The van der Waals surface area contributed by atoms with Gasteiger partial charge in [0.05, 0.1) is 10.7 Å². The van der Waals surface area contributed by atoms with Crippen molar-refractivity contribution in [3.63, 3.8) is 0 Å². The van der Waals surface area contributed by atoms with E-state index in [9.17, 15) is 4.79 Å². The van der Waals surface area contributed by atoms with Gasteiger partial charge in [-0.1, -0.05) is 27.5 Å². The zero-order chi connectivity index (χ0) is 14.7. The molecule has 0 unspecified atom stereocenters. The number of carbonyl (C=O) groups excluding carboxylic acids is 1.